The molecule has 0 bridgehead atoms. The summed E-state index contributed by atoms with van der Waals surface area (Å²) in [4.78, 5) is 14.4. The molecular weight excluding hydrogens is 388 g/mol. The molecule has 2 fully saturated rings. The molecule has 3 N–H and O–H groups in total. The number of aliphatic hydroxyl groups is 1. The lowest BCUT2D eigenvalue weighted by Gasteiger charge is -2.33. The van der Waals surface area contributed by atoms with Crippen LogP contribution in [0.3, 0.4) is 0 Å². The van der Waals surface area contributed by atoms with Crippen LogP contribution < -0.4 is 10.6 Å². The maximum Gasteiger partial charge on any atom is 0.227 e. The predicted octanol–water partition coefficient (Wildman–Crippen LogP) is 4.66. The van der Waals surface area contributed by atoms with E-state index in [9.17, 15) is 5.11 Å². The molecule has 0 aliphatic heterocycles. The van der Waals surface area contributed by atoms with Gasteiger partial charge in [-0.05, 0) is 51.0 Å². The van der Waals surface area contributed by atoms with Crippen molar-refractivity contribution in [2.24, 2.45) is 0 Å². The Balaban J connectivity index is 1.43. The molecule has 0 atom stereocenters. The monoisotopic (exact) mass is 420 g/mol. The fraction of sp³-hybridized carbons (Fsp3) is 0.542. The summed E-state index contributed by atoms with van der Waals surface area (Å²) in [7, 11) is 0. The molecule has 0 amide bonds. The van der Waals surface area contributed by atoms with Crippen LogP contribution in [0.15, 0.2) is 36.7 Å². The molecule has 2 aromatic heterocycles. The van der Waals surface area contributed by atoms with Crippen molar-refractivity contribution in [3.63, 3.8) is 0 Å². The molecule has 2 aliphatic carbocycles. The minimum absolute atomic E-state index is 0.280. The molecular formula is C24H32N6O. The van der Waals surface area contributed by atoms with Gasteiger partial charge in [-0.3, -0.25) is 0 Å². The summed E-state index contributed by atoms with van der Waals surface area (Å²) in [5, 5.41) is 17.3. The van der Waals surface area contributed by atoms with Gasteiger partial charge in [-0.15, -0.1) is 0 Å². The molecule has 2 heterocycles. The number of benzene rings is 1. The number of anilines is 2. The van der Waals surface area contributed by atoms with E-state index in [0.29, 0.717) is 18.5 Å². The largest absolute Gasteiger partial charge is 0.390 e. The lowest BCUT2D eigenvalue weighted by Crippen LogP contribution is -2.36. The molecule has 0 spiro atoms. The lowest BCUT2D eigenvalue weighted by molar-refractivity contribution is 0.0196. The van der Waals surface area contributed by atoms with Gasteiger partial charge in [0.05, 0.1) is 11.9 Å². The van der Waals surface area contributed by atoms with Gasteiger partial charge in [-0.2, -0.15) is 9.97 Å². The highest BCUT2D eigenvalue weighted by Gasteiger charge is 2.29. The van der Waals surface area contributed by atoms with E-state index < -0.39 is 5.60 Å². The van der Waals surface area contributed by atoms with E-state index in [1.807, 2.05) is 31.5 Å². The highest BCUT2D eigenvalue weighted by molar-refractivity contribution is 5.84. The van der Waals surface area contributed by atoms with E-state index in [1.165, 1.54) is 31.2 Å². The van der Waals surface area contributed by atoms with Crippen molar-refractivity contribution in [1.29, 1.82) is 0 Å². The molecule has 31 heavy (non-hydrogen) atoms. The number of aromatic nitrogens is 4. The standard InChI is InChI=1S/C24H32N6O/c1-24(31)13-11-18(12-14-24)27-23-28-21(25-15-17-7-3-2-4-8-17)20-22(29-23)30(16-26-20)19-9-5-6-10-19/h2-4,7-8,16,18-19,31H,5-6,9-15H2,1H3,(H2,25,27,28,29)/t18-,24+. The first-order valence-electron chi connectivity index (χ1n) is 11.6. The summed E-state index contributed by atoms with van der Waals surface area (Å²) in [6.45, 7) is 2.62. The van der Waals surface area contributed by atoms with Gasteiger partial charge in [0.2, 0.25) is 5.95 Å². The minimum Gasteiger partial charge on any atom is -0.390 e. The van der Waals surface area contributed by atoms with E-state index in [-0.39, 0.29) is 6.04 Å². The fourth-order valence-electron chi connectivity index (χ4n) is 4.90. The summed E-state index contributed by atoms with van der Waals surface area (Å²) >= 11 is 0. The van der Waals surface area contributed by atoms with Gasteiger partial charge < -0.3 is 20.3 Å². The second-order valence-corrected chi connectivity index (χ2v) is 9.41. The zero-order valence-electron chi connectivity index (χ0n) is 18.2. The van der Waals surface area contributed by atoms with Gasteiger partial charge in [0.15, 0.2) is 17.0 Å². The van der Waals surface area contributed by atoms with Gasteiger partial charge in [0.25, 0.3) is 0 Å². The SMILES string of the molecule is C[C@]1(O)CC[C@@H](Nc2nc(NCc3ccccc3)c3ncn(C4CCCC4)c3n2)CC1. The van der Waals surface area contributed by atoms with Crippen molar-refractivity contribution in [3.05, 3.63) is 42.2 Å². The van der Waals surface area contributed by atoms with Crippen molar-refractivity contribution < 1.29 is 5.11 Å². The molecule has 164 valence electrons. The Morgan fingerprint density at radius 1 is 1.06 bits per heavy atom. The van der Waals surface area contributed by atoms with Crippen molar-refractivity contribution >= 4 is 22.9 Å². The normalized spacial score (nSPS) is 24.5. The summed E-state index contributed by atoms with van der Waals surface area (Å²) < 4.78 is 2.24. The van der Waals surface area contributed by atoms with E-state index in [0.717, 1.165) is 42.7 Å². The zero-order valence-corrected chi connectivity index (χ0v) is 18.2. The third-order valence-corrected chi connectivity index (χ3v) is 6.84. The molecule has 3 aromatic rings. The quantitative estimate of drug-likeness (QED) is 0.538. The van der Waals surface area contributed by atoms with Crippen LogP contribution in [-0.2, 0) is 6.54 Å². The Bertz CT molecular complexity index is 1020. The molecule has 0 saturated heterocycles. The maximum absolute atomic E-state index is 10.3. The van der Waals surface area contributed by atoms with Crippen molar-refractivity contribution in [2.45, 2.75) is 82.5 Å². The average molecular weight is 421 g/mol. The summed E-state index contributed by atoms with van der Waals surface area (Å²) in [6.07, 6.45) is 10.3. The molecule has 7 nitrogen and oxygen atoms in total. The van der Waals surface area contributed by atoms with Gasteiger partial charge in [0.1, 0.15) is 0 Å². The van der Waals surface area contributed by atoms with Crippen molar-refractivity contribution in [3.8, 4) is 0 Å². The van der Waals surface area contributed by atoms with Crippen LogP contribution >= 0.6 is 0 Å². The summed E-state index contributed by atoms with van der Waals surface area (Å²) in [5.74, 6) is 1.42. The first-order chi connectivity index (χ1) is 15.1. The van der Waals surface area contributed by atoms with Crippen molar-refractivity contribution in [1.82, 2.24) is 19.5 Å². The molecule has 0 unspecified atom stereocenters. The molecule has 0 radical (unpaired) electrons. The van der Waals surface area contributed by atoms with Gasteiger partial charge in [-0.1, -0.05) is 43.2 Å². The fourth-order valence-corrected chi connectivity index (χ4v) is 4.90. The Labute approximate surface area is 183 Å². The zero-order chi connectivity index (χ0) is 21.3. The van der Waals surface area contributed by atoms with E-state index in [4.69, 9.17) is 15.0 Å². The van der Waals surface area contributed by atoms with Gasteiger partial charge in [0, 0.05) is 18.6 Å². The van der Waals surface area contributed by atoms with E-state index in [2.05, 4.69) is 27.3 Å². The van der Waals surface area contributed by atoms with Crippen LogP contribution in [0.2, 0.25) is 0 Å². The Morgan fingerprint density at radius 3 is 2.55 bits per heavy atom. The third-order valence-electron chi connectivity index (χ3n) is 6.84. The molecule has 1 aromatic carbocycles. The van der Waals surface area contributed by atoms with Crippen LogP contribution in [0.4, 0.5) is 11.8 Å². The topological polar surface area (TPSA) is 87.9 Å². The Kier molecular flexibility index (Phi) is 5.52. The summed E-state index contributed by atoms with van der Waals surface area (Å²) in [5.41, 5.74) is 2.39. The number of hydrogen-bond donors (Lipinski definition) is 3. The van der Waals surface area contributed by atoms with E-state index >= 15 is 0 Å². The third kappa shape index (κ3) is 4.51. The second-order valence-electron chi connectivity index (χ2n) is 9.41. The Morgan fingerprint density at radius 2 is 1.81 bits per heavy atom. The molecule has 7 heteroatoms. The van der Waals surface area contributed by atoms with Crippen LogP contribution in [0, 0.1) is 0 Å². The van der Waals surface area contributed by atoms with Crippen LogP contribution in [0.25, 0.3) is 11.2 Å². The first kappa shape index (κ1) is 20.2. The van der Waals surface area contributed by atoms with Crippen LogP contribution in [0.1, 0.15) is 69.9 Å². The number of hydrogen-bond acceptors (Lipinski definition) is 6. The van der Waals surface area contributed by atoms with Gasteiger partial charge >= 0.3 is 0 Å². The maximum atomic E-state index is 10.3. The van der Waals surface area contributed by atoms with Crippen molar-refractivity contribution in [2.75, 3.05) is 10.6 Å². The summed E-state index contributed by atoms with van der Waals surface area (Å²) in [6, 6.07) is 11.1. The average Bonchev–Trinajstić information content (AvgIpc) is 3.44. The molecule has 5 rings (SSSR count). The lowest BCUT2D eigenvalue weighted by atomic mass is 9.84. The Hall–Kier alpha value is -2.67. The second kappa shape index (κ2) is 8.46. The number of fused-ring (bicyclic) bond motifs is 1. The number of rotatable bonds is 6. The first-order valence-corrected chi connectivity index (χ1v) is 11.6. The number of imidazole rings is 1. The molecule has 2 saturated carbocycles. The predicted molar refractivity (Wildman–Crippen MR) is 123 cm³/mol. The smallest absolute Gasteiger partial charge is 0.227 e. The highest BCUT2D eigenvalue weighted by Crippen LogP contribution is 2.34. The van der Waals surface area contributed by atoms with E-state index in [1.54, 1.807) is 0 Å². The van der Waals surface area contributed by atoms with Crippen LogP contribution in [0.5, 0.6) is 0 Å². The molecule has 2 aliphatic rings. The van der Waals surface area contributed by atoms with Gasteiger partial charge in [-0.25, -0.2) is 4.98 Å². The van der Waals surface area contributed by atoms with Crippen LogP contribution in [-0.4, -0.2) is 36.3 Å². The number of nitrogens with one attached hydrogen (secondary N) is 2. The number of nitrogens with zero attached hydrogens (tertiary/aromatic N) is 4. The highest BCUT2D eigenvalue weighted by atomic mass is 16.3. The minimum atomic E-state index is -0.549.